The van der Waals surface area contributed by atoms with Crippen molar-refractivity contribution in [2.24, 2.45) is 0 Å². The quantitative estimate of drug-likeness (QED) is 0.579. The molecule has 140 valence electrons. The Labute approximate surface area is 161 Å². The van der Waals surface area contributed by atoms with Crippen LogP contribution in [-0.2, 0) is 13.1 Å². The van der Waals surface area contributed by atoms with E-state index in [-0.39, 0.29) is 24.6 Å². The summed E-state index contributed by atoms with van der Waals surface area (Å²) in [4.78, 5) is 34.2. The largest absolute Gasteiger partial charge is 0.467 e. The number of pyridine rings is 2. The van der Waals surface area contributed by atoms with Crippen LogP contribution in [0.4, 0.5) is 0 Å². The molecule has 1 aromatic carbocycles. The van der Waals surface area contributed by atoms with E-state index >= 15 is 0 Å². The molecule has 1 N–H and O–H groups in total. The molecule has 28 heavy (non-hydrogen) atoms. The average molecular weight is 373 g/mol. The lowest BCUT2D eigenvalue weighted by Gasteiger charge is -2.21. The number of H-pyrrole nitrogens is 1. The van der Waals surface area contributed by atoms with Crippen molar-refractivity contribution >= 4 is 16.8 Å². The standard InChI is InChI=1S/C22H19N3O3/c1-15-7-8-19-16(11-15)12-17(21(26)24-19)13-25(14-18-5-4-10-28-18)22(27)20-6-2-3-9-23-20/h2-12H,13-14H2,1H3,(H,24,26). The highest BCUT2D eigenvalue weighted by atomic mass is 16.3. The number of amides is 1. The first-order chi connectivity index (χ1) is 13.6. The number of aromatic nitrogens is 2. The number of hydrogen-bond donors (Lipinski definition) is 1. The van der Waals surface area contributed by atoms with Gasteiger partial charge in [-0.2, -0.15) is 0 Å². The molecule has 3 aromatic heterocycles. The van der Waals surface area contributed by atoms with E-state index in [1.165, 1.54) is 0 Å². The maximum Gasteiger partial charge on any atom is 0.273 e. The Morgan fingerprint density at radius 1 is 1.11 bits per heavy atom. The molecular weight excluding hydrogens is 354 g/mol. The van der Waals surface area contributed by atoms with E-state index in [2.05, 4.69) is 9.97 Å². The summed E-state index contributed by atoms with van der Waals surface area (Å²) in [5.74, 6) is 0.373. The zero-order valence-corrected chi connectivity index (χ0v) is 15.4. The first-order valence-corrected chi connectivity index (χ1v) is 8.95. The molecular formula is C22H19N3O3. The predicted octanol–water partition coefficient (Wildman–Crippen LogP) is 3.67. The van der Waals surface area contributed by atoms with Crippen LogP contribution in [0, 0.1) is 6.92 Å². The van der Waals surface area contributed by atoms with Crippen LogP contribution in [0.25, 0.3) is 10.9 Å². The van der Waals surface area contributed by atoms with E-state index in [9.17, 15) is 9.59 Å². The Kier molecular flexibility index (Phi) is 4.76. The van der Waals surface area contributed by atoms with Gasteiger partial charge in [0.15, 0.2) is 0 Å². The van der Waals surface area contributed by atoms with Crippen molar-refractivity contribution in [3.63, 3.8) is 0 Å². The minimum absolute atomic E-state index is 0.148. The number of carbonyl (C=O) groups excluding carboxylic acids is 1. The summed E-state index contributed by atoms with van der Waals surface area (Å²) >= 11 is 0. The average Bonchev–Trinajstić information content (AvgIpc) is 3.21. The number of hydrogen-bond acceptors (Lipinski definition) is 4. The van der Waals surface area contributed by atoms with Crippen LogP contribution < -0.4 is 5.56 Å². The highest BCUT2D eigenvalue weighted by molar-refractivity contribution is 5.92. The van der Waals surface area contributed by atoms with Gasteiger partial charge in [0.2, 0.25) is 0 Å². The van der Waals surface area contributed by atoms with Gasteiger partial charge in [-0.1, -0.05) is 17.7 Å². The summed E-state index contributed by atoms with van der Waals surface area (Å²) in [5, 5.41) is 0.929. The van der Waals surface area contributed by atoms with Crippen molar-refractivity contribution in [3.05, 3.63) is 100.0 Å². The van der Waals surface area contributed by atoms with Gasteiger partial charge in [0, 0.05) is 17.3 Å². The minimum atomic E-state index is -0.263. The van der Waals surface area contributed by atoms with Crippen LogP contribution in [0.3, 0.4) is 0 Å². The van der Waals surface area contributed by atoms with Crippen molar-refractivity contribution in [3.8, 4) is 0 Å². The highest BCUT2D eigenvalue weighted by Gasteiger charge is 2.20. The lowest BCUT2D eigenvalue weighted by atomic mass is 10.1. The maximum absolute atomic E-state index is 13.0. The third-order valence-electron chi connectivity index (χ3n) is 4.54. The summed E-state index contributed by atoms with van der Waals surface area (Å²) in [6, 6.07) is 16.4. The topological polar surface area (TPSA) is 79.2 Å². The van der Waals surface area contributed by atoms with Gasteiger partial charge in [-0.15, -0.1) is 0 Å². The van der Waals surface area contributed by atoms with Gasteiger partial charge in [0.1, 0.15) is 11.5 Å². The normalized spacial score (nSPS) is 10.9. The van der Waals surface area contributed by atoms with Crippen molar-refractivity contribution in [2.75, 3.05) is 0 Å². The first-order valence-electron chi connectivity index (χ1n) is 8.95. The molecule has 0 saturated heterocycles. The van der Waals surface area contributed by atoms with Crippen LogP contribution >= 0.6 is 0 Å². The van der Waals surface area contributed by atoms with E-state index in [0.717, 1.165) is 16.5 Å². The smallest absolute Gasteiger partial charge is 0.273 e. The molecule has 1 amide bonds. The number of furan rings is 1. The van der Waals surface area contributed by atoms with E-state index < -0.39 is 0 Å². The van der Waals surface area contributed by atoms with Crippen LogP contribution in [0.2, 0.25) is 0 Å². The molecule has 6 nitrogen and oxygen atoms in total. The number of aryl methyl sites for hydroxylation is 1. The molecule has 0 aliphatic carbocycles. The third-order valence-corrected chi connectivity index (χ3v) is 4.54. The Hall–Kier alpha value is -3.67. The molecule has 0 bridgehead atoms. The van der Waals surface area contributed by atoms with Gasteiger partial charge >= 0.3 is 0 Å². The van der Waals surface area contributed by atoms with Gasteiger partial charge in [-0.3, -0.25) is 14.6 Å². The van der Waals surface area contributed by atoms with Gasteiger partial charge in [0.25, 0.3) is 11.5 Å². The Bertz CT molecular complexity index is 1160. The molecule has 4 aromatic rings. The third kappa shape index (κ3) is 3.71. The molecule has 0 spiro atoms. The monoisotopic (exact) mass is 373 g/mol. The van der Waals surface area contributed by atoms with Crippen molar-refractivity contribution < 1.29 is 9.21 Å². The highest BCUT2D eigenvalue weighted by Crippen LogP contribution is 2.16. The number of benzene rings is 1. The number of nitrogens with one attached hydrogen (secondary N) is 1. The Morgan fingerprint density at radius 3 is 2.75 bits per heavy atom. The van der Waals surface area contributed by atoms with Crippen molar-refractivity contribution in [1.29, 1.82) is 0 Å². The number of fused-ring (bicyclic) bond motifs is 1. The predicted molar refractivity (Wildman–Crippen MR) is 106 cm³/mol. The van der Waals surface area contributed by atoms with Crippen LogP contribution in [0.15, 0.2) is 76.3 Å². The fourth-order valence-corrected chi connectivity index (χ4v) is 3.14. The first kappa shape index (κ1) is 17.7. The van der Waals surface area contributed by atoms with Gasteiger partial charge in [0.05, 0.1) is 19.4 Å². The van der Waals surface area contributed by atoms with Crippen molar-refractivity contribution in [2.45, 2.75) is 20.0 Å². The van der Waals surface area contributed by atoms with Gasteiger partial charge in [-0.25, -0.2) is 0 Å². The summed E-state index contributed by atoms with van der Waals surface area (Å²) in [5.41, 5.74) is 2.49. The fourth-order valence-electron chi connectivity index (χ4n) is 3.14. The van der Waals surface area contributed by atoms with Gasteiger partial charge < -0.3 is 14.3 Å². The Morgan fingerprint density at radius 2 is 2.00 bits per heavy atom. The van der Waals surface area contributed by atoms with E-state index in [1.54, 1.807) is 47.7 Å². The number of aromatic amines is 1. The fraction of sp³-hybridized carbons (Fsp3) is 0.136. The molecule has 0 atom stereocenters. The van der Waals surface area contributed by atoms with E-state index in [4.69, 9.17) is 4.42 Å². The molecule has 3 heterocycles. The maximum atomic E-state index is 13.0. The number of carbonyl (C=O) groups is 1. The molecule has 0 aliphatic rings. The second-order valence-corrected chi connectivity index (χ2v) is 6.67. The summed E-state index contributed by atoms with van der Waals surface area (Å²) < 4.78 is 5.40. The second kappa shape index (κ2) is 7.52. The zero-order chi connectivity index (χ0) is 19.5. The number of rotatable bonds is 5. The zero-order valence-electron chi connectivity index (χ0n) is 15.4. The molecule has 0 unspecified atom stereocenters. The second-order valence-electron chi connectivity index (χ2n) is 6.67. The van der Waals surface area contributed by atoms with E-state index in [1.807, 2.05) is 31.2 Å². The molecule has 0 radical (unpaired) electrons. The molecule has 0 aliphatic heterocycles. The summed E-state index contributed by atoms with van der Waals surface area (Å²) in [7, 11) is 0. The molecule has 0 saturated carbocycles. The number of nitrogens with zero attached hydrogens (tertiary/aromatic N) is 2. The molecule has 4 rings (SSSR count). The van der Waals surface area contributed by atoms with Crippen molar-refractivity contribution in [1.82, 2.24) is 14.9 Å². The Balaban J connectivity index is 1.71. The lowest BCUT2D eigenvalue weighted by molar-refractivity contribution is 0.0711. The summed E-state index contributed by atoms with van der Waals surface area (Å²) in [6.07, 6.45) is 3.13. The van der Waals surface area contributed by atoms with Gasteiger partial charge in [-0.05, 0) is 54.8 Å². The summed E-state index contributed by atoms with van der Waals surface area (Å²) in [6.45, 7) is 2.39. The SMILES string of the molecule is Cc1ccc2[nH]c(=O)c(CN(Cc3ccco3)C(=O)c3ccccn3)cc2c1. The molecule has 0 fully saturated rings. The van der Waals surface area contributed by atoms with Crippen LogP contribution in [-0.4, -0.2) is 20.8 Å². The van der Waals surface area contributed by atoms with Crippen LogP contribution in [0.5, 0.6) is 0 Å². The van der Waals surface area contributed by atoms with E-state index in [0.29, 0.717) is 17.0 Å². The lowest BCUT2D eigenvalue weighted by Crippen LogP contribution is -2.32. The minimum Gasteiger partial charge on any atom is -0.467 e. The molecule has 6 heteroatoms. The van der Waals surface area contributed by atoms with Crippen LogP contribution in [0.1, 0.15) is 27.4 Å².